The van der Waals surface area contributed by atoms with Crippen LogP contribution in [0, 0.1) is 5.82 Å². The number of carbonyl (C=O) groups excluding carboxylic acids is 1. The van der Waals surface area contributed by atoms with Crippen molar-refractivity contribution in [2.24, 2.45) is 0 Å². The summed E-state index contributed by atoms with van der Waals surface area (Å²) >= 11 is 0. The van der Waals surface area contributed by atoms with E-state index in [0.717, 1.165) is 13.1 Å². The lowest BCUT2D eigenvalue weighted by molar-refractivity contribution is 0.0230. The summed E-state index contributed by atoms with van der Waals surface area (Å²) in [6.07, 6.45) is 0. The van der Waals surface area contributed by atoms with Crippen molar-refractivity contribution in [3.8, 4) is 0 Å². The molecule has 0 saturated carbocycles. The van der Waals surface area contributed by atoms with Gasteiger partial charge in [-0.1, -0.05) is 12.1 Å². The zero-order valence-electron chi connectivity index (χ0n) is 14.0. The van der Waals surface area contributed by atoms with Gasteiger partial charge in [0.15, 0.2) is 11.4 Å². The van der Waals surface area contributed by atoms with Crippen molar-refractivity contribution in [2.75, 3.05) is 26.3 Å². The van der Waals surface area contributed by atoms with Crippen LogP contribution in [0.4, 0.5) is 4.39 Å². The van der Waals surface area contributed by atoms with Crippen LogP contribution in [0.1, 0.15) is 15.9 Å². The number of nitrogens with zero attached hydrogens (tertiary/aromatic N) is 2. The zero-order valence-corrected chi connectivity index (χ0v) is 14.0. The minimum absolute atomic E-state index is 0.249. The highest BCUT2D eigenvalue weighted by Crippen LogP contribution is 2.19. The lowest BCUT2D eigenvalue weighted by Crippen LogP contribution is -2.39. The number of ketones is 1. The molecule has 0 radical (unpaired) electrons. The molecule has 134 valence electrons. The summed E-state index contributed by atoms with van der Waals surface area (Å²) in [7, 11) is 0. The maximum absolute atomic E-state index is 13.3. The van der Waals surface area contributed by atoms with Crippen LogP contribution >= 0.6 is 0 Å². The maximum atomic E-state index is 13.3. The second-order valence-corrected chi connectivity index (χ2v) is 6.19. The first-order valence-corrected chi connectivity index (χ1v) is 8.35. The lowest BCUT2D eigenvalue weighted by Gasteiger charge is -2.26. The fourth-order valence-electron chi connectivity index (χ4n) is 3.08. The topological polar surface area (TPSA) is 64.7 Å². The first-order valence-electron chi connectivity index (χ1n) is 8.35. The first-order chi connectivity index (χ1) is 12.6. The molecular formula is C19H17FN2O4. The van der Waals surface area contributed by atoms with Crippen molar-refractivity contribution in [1.82, 2.24) is 9.47 Å². The van der Waals surface area contributed by atoms with Gasteiger partial charge in [-0.15, -0.1) is 0 Å². The molecule has 3 aromatic rings. The molecule has 0 unspecified atom stereocenters. The first kappa shape index (κ1) is 16.7. The Balaban J connectivity index is 1.66. The van der Waals surface area contributed by atoms with Gasteiger partial charge in [-0.3, -0.25) is 14.3 Å². The molecule has 1 fully saturated rings. The molecule has 0 atom stereocenters. The quantitative estimate of drug-likeness (QED) is 0.671. The third-order valence-electron chi connectivity index (χ3n) is 4.46. The van der Waals surface area contributed by atoms with Gasteiger partial charge < -0.3 is 9.15 Å². The smallest absolute Gasteiger partial charge is 0.408 e. The molecule has 7 heteroatoms. The van der Waals surface area contributed by atoms with Gasteiger partial charge in [0.05, 0.1) is 25.4 Å². The highest BCUT2D eigenvalue weighted by molar-refractivity contribution is 6.10. The molecule has 26 heavy (non-hydrogen) atoms. The standard InChI is InChI=1S/C19H17FN2O4/c20-15-3-1-2-13(10-15)18(23)14-4-5-16-17(11-14)26-19(24)22(16)12-21-6-8-25-9-7-21/h1-5,10-11H,6-9,12H2. The molecule has 1 aromatic heterocycles. The molecule has 0 aliphatic carbocycles. The van der Waals surface area contributed by atoms with E-state index >= 15 is 0 Å². The second kappa shape index (κ2) is 6.86. The van der Waals surface area contributed by atoms with Gasteiger partial charge in [0.2, 0.25) is 0 Å². The fourth-order valence-corrected chi connectivity index (χ4v) is 3.08. The Morgan fingerprint density at radius 2 is 1.85 bits per heavy atom. The summed E-state index contributed by atoms with van der Waals surface area (Å²) < 4.78 is 25.5. The third-order valence-corrected chi connectivity index (χ3v) is 4.46. The molecule has 1 saturated heterocycles. The third kappa shape index (κ3) is 3.18. The summed E-state index contributed by atoms with van der Waals surface area (Å²) in [5.74, 6) is -1.27. The summed E-state index contributed by atoms with van der Waals surface area (Å²) in [4.78, 5) is 26.9. The maximum Gasteiger partial charge on any atom is 0.421 e. The molecule has 0 amide bonds. The average molecular weight is 356 g/mol. The van der Waals surface area contributed by atoms with E-state index in [1.165, 1.54) is 28.8 Å². The van der Waals surface area contributed by atoms with E-state index in [0.29, 0.717) is 36.5 Å². The summed E-state index contributed by atoms with van der Waals surface area (Å²) in [5.41, 5.74) is 1.55. The molecule has 4 rings (SSSR count). The van der Waals surface area contributed by atoms with Gasteiger partial charge in [0.1, 0.15) is 5.82 Å². The van der Waals surface area contributed by atoms with Crippen LogP contribution in [0.2, 0.25) is 0 Å². The van der Waals surface area contributed by atoms with Crippen LogP contribution in [-0.2, 0) is 11.4 Å². The van der Waals surface area contributed by atoms with E-state index < -0.39 is 11.6 Å². The van der Waals surface area contributed by atoms with E-state index in [1.54, 1.807) is 18.2 Å². The average Bonchev–Trinajstić information content (AvgIpc) is 2.96. The number of oxazole rings is 1. The van der Waals surface area contributed by atoms with Crippen LogP contribution in [0.5, 0.6) is 0 Å². The van der Waals surface area contributed by atoms with Crippen LogP contribution in [0.25, 0.3) is 11.1 Å². The number of carbonyl (C=O) groups is 1. The number of fused-ring (bicyclic) bond motifs is 1. The highest BCUT2D eigenvalue weighted by atomic mass is 19.1. The van der Waals surface area contributed by atoms with Crippen molar-refractivity contribution in [3.63, 3.8) is 0 Å². The Bertz CT molecular complexity index is 1020. The Kier molecular flexibility index (Phi) is 4.40. The minimum Gasteiger partial charge on any atom is -0.408 e. The number of rotatable bonds is 4. The van der Waals surface area contributed by atoms with Gasteiger partial charge in [0.25, 0.3) is 0 Å². The number of halogens is 1. The van der Waals surface area contributed by atoms with Crippen molar-refractivity contribution < 1.29 is 18.3 Å². The van der Waals surface area contributed by atoms with Gasteiger partial charge in [-0.2, -0.15) is 0 Å². The van der Waals surface area contributed by atoms with Gasteiger partial charge in [-0.05, 0) is 30.3 Å². The predicted octanol–water partition coefficient (Wildman–Crippen LogP) is 2.25. The van der Waals surface area contributed by atoms with E-state index in [1.807, 2.05) is 0 Å². The number of aromatic nitrogens is 1. The van der Waals surface area contributed by atoms with Gasteiger partial charge in [0, 0.05) is 24.2 Å². The summed E-state index contributed by atoms with van der Waals surface area (Å²) in [6, 6.07) is 10.3. The number of hydrogen-bond donors (Lipinski definition) is 0. The van der Waals surface area contributed by atoms with Crippen LogP contribution in [-0.4, -0.2) is 41.6 Å². The number of ether oxygens (including phenoxy) is 1. The molecular weight excluding hydrogens is 339 g/mol. The van der Waals surface area contributed by atoms with E-state index in [2.05, 4.69) is 4.90 Å². The highest BCUT2D eigenvalue weighted by Gasteiger charge is 2.17. The Morgan fingerprint density at radius 1 is 1.08 bits per heavy atom. The summed E-state index contributed by atoms with van der Waals surface area (Å²) in [5, 5.41) is 0. The Hall–Kier alpha value is -2.77. The SMILES string of the molecule is O=C(c1cccc(F)c1)c1ccc2c(c1)oc(=O)n2CN1CCOCC1. The molecule has 1 aliphatic rings. The normalized spacial score (nSPS) is 15.4. The molecule has 0 N–H and O–H groups in total. The summed E-state index contributed by atoms with van der Waals surface area (Å²) in [6.45, 7) is 3.17. The van der Waals surface area contributed by atoms with Crippen molar-refractivity contribution in [1.29, 1.82) is 0 Å². The second-order valence-electron chi connectivity index (χ2n) is 6.19. The predicted molar refractivity (Wildman–Crippen MR) is 92.7 cm³/mol. The number of benzene rings is 2. The molecule has 0 bridgehead atoms. The lowest BCUT2D eigenvalue weighted by atomic mass is 10.0. The van der Waals surface area contributed by atoms with Crippen LogP contribution in [0.3, 0.4) is 0 Å². The molecule has 0 spiro atoms. The number of hydrogen-bond acceptors (Lipinski definition) is 5. The van der Waals surface area contributed by atoms with E-state index in [-0.39, 0.29) is 11.3 Å². The van der Waals surface area contributed by atoms with E-state index in [9.17, 15) is 14.0 Å². The minimum atomic E-state index is -0.472. The van der Waals surface area contributed by atoms with Crippen molar-refractivity contribution in [2.45, 2.75) is 6.67 Å². The zero-order chi connectivity index (χ0) is 18.1. The van der Waals surface area contributed by atoms with Crippen LogP contribution in [0.15, 0.2) is 51.7 Å². The number of morpholine rings is 1. The molecule has 1 aliphatic heterocycles. The molecule has 6 nitrogen and oxygen atoms in total. The van der Waals surface area contributed by atoms with Crippen molar-refractivity contribution in [3.05, 3.63) is 70.0 Å². The Morgan fingerprint density at radius 3 is 2.62 bits per heavy atom. The molecule has 2 aromatic carbocycles. The monoisotopic (exact) mass is 356 g/mol. The fraction of sp³-hybridized carbons (Fsp3) is 0.263. The largest absolute Gasteiger partial charge is 0.421 e. The van der Waals surface area contributed by atoms with Crippen LogP contribution < -0.4 is 5.76 Å². The van der Waals surface area contributed by atoms with Gasteiger partial charge >= 0.3 is 5.76 Å². The van der Waals surface area contributed by atoms with Gasteiger partial charge in [-0.25, -0.2) is 9.18 Å². The molecule has 2 heterocycles. The Labute approximate surface area is 148 Å². The van der Waals surface area contributed by atoms with Crippen molar-refractivity contribution >= 4 is 16.9 Å². The van der Waals surface area contributed by atoms with E-state index in [4.69, 9.17) is 9.15 Å².